The Kier molecular flexibility index (Phi) is 4.41. The minimum Gasteiger partial charge on any atom is -0.377 e. The Labute approximate surface area is 137 Å². The van der Waals surface area contributed by atoms with Gasteiger partial charge in [-0.3, -0.25) is 29.9 Å². The van der Waals surface area contributed by atoms with Crippen LogP contribution in [0.25, 0.3) is 6.08 Å². The maximum atomic E-state index is 12.2. The zero-order chi connectivity index (χ0) is 17.3. The van der Waals surface area contributed by atoms with Crippen LogP contribution in [0.2, 0.25) is 0 Å². The van der Waals surface area contributed by atoms with Crippen LogP contribution < -0.4 is 10.2 Å². The zero-order valence-corrected chi connectivity index (χ0v) is 13.5. The molecule has 0 aromatic heterocycles. The molecule has 9 heteroatoms. The van der Waals surface area contributed by atoms with Gasteiger partial charge in [0.25, 0.3) is 17.5 Å². The van der Waals surface area contributed by atoms with Crippen molar-refractivity contribution >= 4 is 46.6 Å². The Morgan fingerprint density at radius 1 is 1.35 bits per heavy atom. The molecule has 0 saturated carbocycles. The summed E-state index contributed by atoms with van der Waals surface area (Å²) in [6.07, 6.45) is 1.33. The van der Waals surface area contributed by atoms with E-state index in [-0.39, 0.29) is 16.4 Å². The molecule has 0 spiro atoms. The molecule has 1 fully saturated rings. The van der Waals surface area contributed by atoms with Crippen LogP contribution >= 0.6 is 12.2 Å². The Balaban J connectivity index is 2.58. The predicted molar refractivity (Wildman–Crippen MR) is 88.9 cm³/mol. The van der Waals surface area contributed by atoms with E-state index in [2.05, 4.69) is 5.32 Å². The van der Waals surface area contributed by atoms with Crippen molar-refractivity contribution in [2.45, 2.75) is 0 Å². The Morgan fingerprint density at radius 3 is 2.57 bits per heavy atom. The standard InChI is InChI=1S/C14H14N4O4S/c1-16(2)11-5-4-9(18(21)22)6-8(11)7-10-12(19)15-14(23)17(3)13(10)20/h4-7H,1-3H3,(H,15,19,23)/b10-7-. The van der Waals surface area contributed by atoms with Gasteiger partial charge in [-0.15, -0.1) is 0 Å². The predicted octanol–water partition coefficient (Wildman–Crippen LogP) is 0.917. The number of likely N-dealkylation sites (N-methyl/N-ethyl adjacent to an activating group) is 1. The number of nitrogens with zero attached hydrogens (tertiary/aromatic N) is 3. The van der Waals surface area contributed by atoms with Crippen LogP contribution in [0.4, 0.5) is 11.4 Å². The van der Waals surface area contributed by atoms with E-state index in [1.165, 1.54) is 25.3 Å². The first-order valence-electron chi connectivity index (χ1n) is 6.53. The third-order valence-corrected chi connectivity index (χ3v) is 3.68. The van der Waals surface area contributed by atoms with Crippen molar-refractivity contribution in [3.05, 3.63) is 39.4 Å². The number of nitro groups is 1. The number of hydrogen-bond acceptors (Lipinski definition) is 6. The van der Waals surface area contributed by atoms with Crippen molar-refractivity contribution in [1.82, 2.24) is 10.2 Å². The molecule has 0 unspecified atom stereocenters. The average molecular weight is 334 g/mol. The molecule has 1 aliphatic heterocycles. The van der Waals surface area contributed by atoms with Gasteiger partial charge in [-0.05, 0) is 24.4 Å². The lowest BCUT2D eigenvalue weighted by Gasteiger charge is -2.25. The number of hydrogen-bond donors (Lipinski definition) is 1. The van der Waals surface area contributed by atoms with E-state index in [0.717, 1.165) is 4.90 Å². The van der Waals surface area contributed by atoms with E-state index in [0.29, 0.717) is 11.3 Å². The molecule has 23 heavy (non-hydrogen) atoms. The molecular formula is C14H14N4O4S. The number of thiocarbonyl (C=S) groups is 1. The highest BCUT2D eigenvalue weighted by atomic mass is 32.1. The van der Waals surface area contributed by atoms with Crippen LogP contribution in [0.15, 0.2) is 23.8 Å². The second-order valence-electron chi connectivity index (χ2n) is 5.08. The van der Waals surface area contributed by atoms with Crippen molar-refractivity contribution in [3.63, 3.8) is 0 Å². The highest BCUT2D eigenvalue weighted by Gasteiger charge is 2.31. The van der Waals surface area contributed by atoms with Gasteiger partial charge in [0.2, 0.25) is 0 Å². The van der Waals surface area contributed by atoms with Gasteiger partial charge in [-0.2, -0.15) is 0 Å². The van der Waals surface area contributed by atoms with Gasteiger partial charge >= 0.3 is 0 Å². The van der Waals surface area contributed by atoms with E-state index < -0.39 is 16.7 Å². The fourth-order valence-electron chi connectivity index (χ4n) is 2.08. The topological polar surface area (TPSA) is 95.8 Å². The normalized spacial score (nSPS) is 16.6. The van der Waals surface area contributed by atoms with Gasteiger partial charge in [0, 0.05) is 44.5 Å². The lowest BCUT2D eigenvalue weighted by molar-refractivity contribution is -0.384. The van der Waals surface area contributed by atoms with Crippen LogP contribution in [0.5, 0.6) is 0 Å². The van der Waals surface area contributed by atoms with Crippen molar-refractivity contribution in [1.29, 1.82) is 0 Å². The lowest BCUT2D eigenvalue weighted by Crippen LogP contribution is -2.52. The number of anilines is 1. The smallest absolute Gasteiger partial charge is 0.270 e. The van der Waals surface area contributed by atoms with Crippen LogP contribution in [0.1, 0.15) is 5.56 Å². The molecule has 0 aliphatic carbocycles. The largest absolute Gasteiger partial charge is 0.377 e. The number of non-ortho nitro benzene ring substituents is 1. The number of benzene rings is 1. The maximum absolute atomic E-state index is 12.2. The molecule has 2 rings (SSSR count). The first-order valence-corrected chi connectivity index (χ1v) is 6.94. The van der Waals surface area contributed by atoms with Crippen molar-refractivity contribution in [3.8, 4) is 0 Å². The SMILES string of the molecule is CN1C(=O)/C(=C\c2cc([N+](=O)[O-])ccc2N(C)C)C(=O)NC1=S. The molecule has 120 valence electrons. The molecule has 1 aliphatic rings. The molecule has 1 N–H and O–H groups in total. The second kappa shape index (κ2) is 6.13. The van der Waals surface area contributed by atoms with Crippen LogP contribution in [0.3, 0.4) is 0 Å². The minimum absolute atomic E-state index is 0.0176. The summed E-state index contributed by atoms with van der Waals surface area (Å²) in [5.41, 5.74) is 0.767. The fourth-order valence-corrected chi connectivity index (χ4v) is 2.26. The third kappa shape index (κ3) is 3.19. The van der Waals surface area contributed by atoms with Crippen molar-refractivity contribution < 1.29 is 14.5 Å². The summed E-state index contributed by atoms with van der Waals surface area (Å²) in [5, 5.41) is 13.4. The van der Waals surface area contributed by atoms with Gasteiger partial charge in [0.05, 0.1) is 4.92 Å². The summed E-state index contributed by atoms with van der Waals surface area (Å²) < 4.78 is 0. The first-order chi connectivity index (χ1) is 10.7. The molecular weight excluding hydrogens is 320 g/mol. The van der Waals surface area contributed by atoms with Crippen LogP contribution in [-0.2, 0) is 9.59 Å². The zero-order valence-electron chi connectivity index (χ0n) is 12.7. The summed E-state index contributed by atoms with van der Waals surface area (Å²) in [6.45, 7) is 0. The van der Waals surface area contributed by atoms with E-state index in [1.54, 1.807) is 25.1 Å². The minimum atomic E-state index is -0.630. The van der Waals surface area contributed by atoms with Crippen LogP contribution in [-0.4, -0.2) is 47.9 Å². The Morgan fingerprint density at radius 2 is 2.00 bits per heavy atom. The molecule has 0 radical (unpaired) electrons. The van der Waals surface area contributed by atoms with E-state index >= 15 is 0 Å². The summed E-state index contributed by atoms with van der Waals surface area (Å²) in [4.78, 5) is 37.5. The van der Waals surface area contributed by atoms with Gasteiger partial charge in [0.1, 0.15) is 5.57 Å². The average Bonchev–Trinajstić information content (AvgIpc) is 2.49. The van der Waals surface area contributed by atoms with E-state index in [1.807, 2.05) is 0 Å². The summed E-state index contributed by atoms with van der Waals surface area (Å²) in [5.74, 6) is -1.19. The lowest BCUT2D eigenvalue weighted by atomic mass is 10.0. The van der Waals surface area contributed by atoms with E-state index in [4.69, 9.17) is 12.2 Å². The molecule has 1 heterocycles. The van der Waals surface area contributed by atoms with Gasteiger partial charge in [-0.25, -0.2) is 0 Å². The molecule has 0 bridgehead atoms. The monoisotopic (exact) mass is 334 g/mol. The molecule has 1 aromatic carbocycles. The number of nitrogens with one attached hydrogen (secondary N) is 1. The molecule has 1 saturated heterocycles. The summed E-state index contributed by atoms with van der Waals surface area (Å²) >= 11 is 4.87. The number of carbonyl (C=O) groups excluding carboxylic acids is 2. The van der Waals surface area contributed by atoms with Gasteiger partial charge < -0.3 is 4.90 Å². The molecule has 0 atom stereocenters. The molecule has 1 aromatic rings. The number of nitro benzene ring substituents is 1. The maximum Gasteiger partial charge on any atom is 0.270 e. The number of carbonyl (C=O) groups is 2. The number of rotatable bonds is 3. The van der Waals surface area contributed by atoms with Crippen molar-refractivity contribution in [2.75, 3.05) is 26.0 Å². The summed E-state index contributed by atoms with van der Waals surface area (Å²) in [7, 11) is 4.96. The highest BCUT2D eigenvalue weighted by molar-refractivity contribution is 7.80. The summed E-state index contributed by atoms with van der Waals surface area (Å²) in [6, 6.07) is 4.24. The van der Waals surface area contributed by atoms with E-state index in [9.17, 15) is 19.7 Å². The third-order valence-electron chi connectivity index (χ3n) is 3.31. The van der Waals surface area contributed by atoms with Crippen molar-refractivity contribution in [2.24, 2.45) is 0 Å². The first kappa shape index (κ1) is 16.6. The van der Waals surface area contributed by atoms with Crippen LogP contribution in [0, 0.1) is 10.1 Å². The second-order valence-corrected chi connectivity index (χ2v) is 5.46. The Hall–Kier alpha value is -2.81. The highest BCUT2D eigenvalue weighted by Crippen LogP contribution is 2.27. The van der Waals surface area contributed by atoms with Gasteiger partial charge in [-0.1, -0.05) is 0 Å². The molecule has 8 nitrogen and oxygen atoms in total. The fraction of sp³-hybridized carbons (Fsp3) is 0.214. The molecule has 2 amide bonds. The Bertz CT molecular complexity index is 757. The number of amides is 2. The quantitative estimate of drug-likeness (QED) is 0.290. The van der Waals surface area contributed by atoms with Gasteiger partial charge in [0.15, 0.2) is 5.11 Å².